The summed E-state index contributed by atoms with van der Waals surface area (Å²) in [5.74, 6) is -0.166. The van der Waals surface area contributed by atoms with Gasteiger partial charge in [0.25, 0.3) is 0 Å². The molecule has 0 spiro atoms. The smallest absolute Gasteiger partial charge is 0.191 e. The van der Waals surface area contributed by atoms with Crippen LogP contribution in [-0.4, -0.2) is 24.5 Å². The summed E-state index contributed by atoms with van der Waals surface area (Å²) < 4.78 is 27.4. The van der Waals surface area contributed by atoms with Crippen LogP contribution in [0.15, 0.2) is 47.6 Å². The van der Waals surface area contributed by atoms with Crippen LogP contribution in [0, 0.1) is 23.0 Å². The van der Waals surface area contributed by atoms with Gasteiger partial charge in [0.2, 0.25) is 0 Å². The molecule has 8 heteroatoms. The Labute approximate surface area is 178 Å². The molecule has 0 saturated carbocycles. The average Bonchev–Trinajstić information content (AvgIpc) is 3.07. The van der Waals surface area contributed by atoms with E-state index in [2.05, 4.69) is 20.6 Å². The molecule has 3 rings (SSSR count). The van der Waals surface area contributed by atoms with Crippen LogP contribution < -0.4 is 10.6 Å². The highest BCUT2D eigenvalue weighted by Gasteiger charge is 2.07. The van der Waals surface area contributed by atoms with Crippen molar-refractivity contribution in [3.63, 3.8) is 0 Å². The molecule has 0 bridgehead atoms. The summed E-state index contributed by atoms with van der Waals surface area (Å²) in [6.45, 7) is 0.828. The van der Waals surface area contributed by atoms with Gasteiger partial charge < -0.3 is 15.6 Å². The molecule has 3 aromatic rings. The van der Waals surface area contributed by atoms with Gasteiger partial charge in [-0.05, 0) is 42.3 Å². The second-order valence-corrected chi connectivity index (χ2v) is 6.02. The minimum atomic E-state index is -0.433. The summed E-state index contributed by atoms with van der Waals surface area (Å²) in [5, 5.41) is 15.8. The maximum absolute atomic E-state index is 13.9. The topological polar surface area (TPSA) is 76.0 Å². The number of guanidine groups is 1. The largest absolute Gasteiger partial charge is 0.361 e. The molecule has 146 valence electrons. The van der Waals surface area contributed by atoms with Crippen LogP contribution in [0.4, 0.5) is 8.78 Å². The number of nitrogens with zero attached hydrogens (tertiary/aromatic N) is 2. The van der Waals surface area contributed by atoms with E-state index in [0.717, 1.165) is 16.5 Å². The maximum Gasteiger partial charge on any atom is 0.191 e. The molecule has 0 aliphatic heterocycles. The van der Waals surface area contributed by atoms with Crippen molar-refractivity contribution in [1.82, 2.24) is 15.6 Å². The molecule has 0 saturated heterocycles. The van der Waals surface area contributed by atoms with Gasteiger partial charge in [-0.1, -0.05) is 6.07 Å². The fraction of sp³-hybridized carbons (Fsp3) is 0.200. The number of H-pyrrole nitrogens is 1. The van der Waals surface area contributed by atoms with Crippen LogP contribution >= 0.6 is 24.0 Å². The summed E-state index contributed by atoms with van der Waals surface area (Å²) in [6, 6.07) is 10.9. The highest BCUT2D eigenvalue weighted by molar-refractivity contribution is 14.0. The second kappa shape index (κ2) is 10.0. The van der Waals surface area contributed by atoms with Crippen LogP contribution in [0.25, 0.3) is 10.9 Å². The maximum atomic E-state index is 13.9. The first-order valence-electron chi connectivity index (χ1n) is 8.49. The molecule has 0 amide bonds. The van der Waals surface area contributed by atoms with Gasteiger partial charge in [-0.15, -0.1) is 24.0 Å². The first-order chi connectivity index (χ1) is 13.1. The predicted molar refractivity (Wildman–Crippen MR) is 117 cm³/mol. The number of nitriles is 1. The number of aliphatic imine (C=N–C) groups is 1. The molecule has 0 unspecified atom stereocenters. The molecular weight excluding hydrogens is 475 g/mol. The van der Waals surface area contributed by atoms with Crippen molar-refractivity contribution in [3.8, 4) is 6.07 Å². The predicted octanol–water partition coefficient (Wildman–Crippen LogP) is 3.84. The zero-order valence-corrected chi connectivity index (χ0v) is 17.6. The van der Waals surface area contributed by atoms with E-state index in [4.69, 9.17) is 5.26 Å². The molecule has 3 N–H and O–H groups in total. The Hall–Kier alpha value is -2.67. The van der Waals surface area contributed by atoms with Crippen molar-refractivity contribution in [1.29, 1.82) is 5.26 Å². The molecule has 0 atom stereocenters. The quantitative estimate of drug-likeness (QED) is 0.286. The third-order valence-corrected chi connectivity index (χ3v) is 4.27. The van der Waals surface area contributed by atoms with Crippen molar-refractivity contribution in [3.05, 3.63) is 70.9 Å². The molecule has 1 aromatic heterocycles. The lowest BCUT2D eigenvalue weighted by Crippen LogP contribution is -2.38. The Balaban J connectivity index is 0.00000280. The standard InChI is InChI=1S/C20H19F2N5.HI/c1-24-20(27-12-15-3-2-13(10-23)8-18(15)22)25-7-6-14-11-26-19-5-4-16(21)9-17(14)19;/h2-5,8-9,11,26H,6-7,12H2,1H3,(H2,24,25,27);1H. The van der Waals surface area contributed by atoms with Crippen molar-refractivity contribution < 1.29 is 8.78 Å². The molecule has 0 aliphatic carbocycles. The van der Waals surface area contributed by atoms with E-state index in [0.29, 0.717) is 24.5 Å². The fourth-order valence-electron chi connectivity index (χ4n) is 2.83. The number of hydrogen-bond donors (Lipinski definition) is 3. The van der Waals surface area contributed by atoms with Gasteiger partial charge in [0.15, 0.2) is 5.96 Å². The van der Waals surface area contributed by atoms with Gasteiger partial charge in [0.1, 0.15) is 11.6 Å². The number of aromatic nitrogens is 1. The Kier molecular flexibility index (Phi) is 7.75. The van der Waals surface area contributed by atoms with E-state index in [-0.39, 0.29) is 41.9 Å². The van der Waals surface area contributed by atoms with Gasteiger partial charge in [-0.2, -0.15) is 5.26 Å². The van der Waals surface area contributed by atoms with E-state index in [9.17, 15) is 8.78 Å². The van der Waals surface area contributed by atoms with Crippen LogP contribution in [0.3, 0.4) is 0 Å². The number of aromatic amines is 1. The first kappa shape index (κ1) is 21.6. The van der Waals surface area contributed by atoms with E-state index in [1.54, 1.807) is 25.2 Å². The highest BCUT2D eigenvalue weighted by atomic mass is 127. The summed E-state index contributed by atoms with van der Waals surface area (Å²) in [7, 11) is 1.63. The lowest BCUT2D eigenvalue weighted by Gasteiger charge is -2.12. The third-order valence-electron chi connectivity index (χ3n) is 4.27. The zero-order valence-electron chi connectivity index (χ0n) is 15.2. The Morgan fingerprint density at radius 2 is 1.96 bits per heavy atom. The van der Waals surface area contributed by atoms with Crippen molar-refractivity contribution in [2.24, 2.45) is 4.99 Å². The van der Waals surface area contributed by atoms with Crippen molar-refractivity contribution in [2.75, 3.05) is 13.6 Å². The molecule has 2 aromatic carbocycles. The van der Waals surface area contributed by atoms with Crippen molar-refractivity contribution >= 4 is 40.8 Å². The van der Waals surface area contributed by atoms with Gasteiger partial charge >= 0.3 is 0 Å². The van der Waals surface area contributed by atoms with E-state index in [1.807, 2.05) is 12.3 Å². The van der Waals surface area contributed by atoms with Gasteiger partial charge in [0, 0.05) is 42.8 Å². The average molecular weight is 495 g/mol. The van der Waals surface area contributed by atoms with Gasteiger partial charge in [0.05, 0.1) is 11.6 Å². The summed E-state index contributed by atoms with van der Waals surface area (Å²) in [5.41, 5.74) is 2.63. The summed E-state index contributed by atoms with van der Waals surface area (Å²) in [6.07, 6.45) is 2.55. The Morgan fingerprint density at radius 1 is 1.14 bits per heavy atom. The monoisotopic (exact) mass is 495 g/mol. The first-order valence-corrected chi connectivity index (χ1v) is 8.49. The third kappa shape index (κ3) is 5.19. The van der Waals surface area contributed by atoms with Crippen molar-refractivity contribution in [2.45, 2.75) is 13.0 Å². The highest BCUT2D eigenvalue weighted by Crippen LogP contribution is 2.19. The zero-order chi connectivity index (χ0) is 19.2. The summed E-state index contributed by atoms with van der Waals surface area (Å²) in [4.78, 5) is 7.24. The van der Waals surface area contributed by atoms with E-state index in [1.165, 1.54) is 18.2 Å². The number of nitrogens with one attached hydrogen (secondary N) is 3. The SMILES string of the molecule is CN=C(NCCc1c[nH]c2ccc(F)cc12)NCc1ccc(C#N)cc1F.I. The molecule has 5 nitrogen and oxygen atoms in total. The van der Waals surface area contributed by atoms with E-state index < -0.39 is 5.82 Å². The van der Waals surface area contributed by atoms with Crippen LogP contribution in [0.2, 0.25) is 0 Å². The van der Waals surface area contributed by atoms with Crippen LogP contribution in [0.5, 0.6) is 0 Å². The number of hydrogen-bond acceptors (Lipinski definition) is 2. The van der Waals surface area contributed by atoms with E-state index >= 15 is 0 Å². The minimum absolute atomic E-state index is 0. The molecule has 0 aliphatic rings. The Morgan fingerprint density at radius 3 is 2.68 bits per heavy atom. The minimum Gasteiger partial charge on any atom is -0.361 e. The lowest BCUT2D eigenvalue weighted by molar-refractivity contribution is 0.604. The fourth-order valence-corrected chi connectivity index (χ4v) is 2.83. The number of halogens is 3. The van der Waals surface area contributed by atoms with Crippen LogP contribution in [-0.2, 0) is 13.0 Å². The molecule has 0 radical (unpaired) electrons. The molecule has 0 fully saturated rings. The second-order valence-electron chi connectivity index (χ2n) is 6.02. The molecule has 1 heterocycles. The number of benzene rings is 2. The van der Waals surface area contributed by atoms with Gasteiger partial charge in [-0.25, -0.2) is 8.78 Å². The number of fused-ring (bicyclic) bond motifs is 1. The normalized spacial score (nSPS) is 11.0. The van der Waals surface area contributed by atoms with Gasteiger partial charge in [-0.3, -0.25) is 4.99 Å². The van der Waals surface area contributed by atoms with Crippen LogP contribution in [0.1, 0.15) is 16.7 Å². The lowest BCUT2D eigenvalue weighted by atomic mass is 10.1. The number of rotatable bonds is 5. The summed E-state index contributed by atoms with van der Waals surface area (Å²) >= 11 is 0. The molecule has 28 heavy (non-hydrogen) atoms. The molecular formula is C20H20F2IN5. The Bertz CT molecular complexity index is 1020.